The molecule has 1 heterocycles. The number of rotatable bonds is 2. The van der Waals surface area contributed by atoms with Crippen molar-refractivity contribution >= 4 is 15.9 Å². The minimum absolute atomic E-state index is 0.169. The number of aromatic nitrogens is 2. The number of nitrogens with zero attached hydrogens (tertiary/aromatic N) is 3. The van der Waals surface area contributed by atoms with Gasteiger partial charge in [-0.1, -0.05) is 28.1 Å². The molecule has 0 saturated carbocycles. The van der Waals surface area contributed by atoms with Gasteiger partial charge in [0.1, 0.15) is 11.6 Å². The van der Waals surface area contributed by atoms with Crippen molar-refractivity contribution in [1.29, 1.82) is 5.26 Å². The van der Waals surface area contributed by atoms with Gasteiger partial charge in [-0.3, -0.25) is 4.79 Å². The van der Waals surface area contributed by atoms with E-state index in [1.54, 1.807) is 13.8 Å². The molecule has 0 atom stereocenters. The minimum atomic E-state index is -0.342. The number of hydrogen-bond acceptors (Lipinski definition) is 3. The van der Waals surface area contributed by atoms with Crippen LogP contribution in [0.1, 0.15) is 22.4 Å². The predicted molar refractivity (Wildman–Crippen MR) is 75.9 cm³/mol. The SMILES string of the molecule is Cc1nn(Cc2cccc(Br)c2)c(=O)c(C#N)c1C. The zero-order valence-electron chi connectivity index (χ0n) is 10.6. The highest BCUT2D eigenvalue weighted by Gasteiger charge is 2.11. The Kier molecular flexibility index (Phi) is 3.82. The summed E-state index contributed by atoms with van der Waals surface area (Å²) in [6.45, 7) is 3.90. The lowest BCUT2D eigenvalue weighted by Crippen LogP contribution is -2.27. The number of halogens is 1. The Bertz CT molecular complexity index is 728. The summed E-state index contributed by atoms with van der Waals surface area (Å²) in [4.78, 5) is 12.1. The molecular formula is C14H12BrN3O. The normalized spacial score (nSPS) is 10.2. The minimum Gasteiger partial charge on any atom is -0.266 e. The first-order valence-corrected chi connectivity index (χ1v) is 6.55. The third-order valence-electron chi connectivity index (χ3n) is 2.97. The van der Waals surface area contributed by atoms with E-state index in [2.05, 4.69) is 21.0 Å². The van der Waals surface area contributed by atoms with Gasteiger partial charge in [-0.05, 0) is 37.1 Å². The van der Waals surface area contributed by atoms with E-state index in [0.717, 1.165) is 10.0 Å². The monoisotopic (exact) mass is 317 g/mol. The van der Waals surface area contributed by atoms with E-state index in [1.807, 2.05) is 30.3 Å². The third-order valence-corrected chi connectivity index (χ3v) is 3.46. The van der Waals surface area contributed by atoms with Crippen LogP contribution in [0.2, 0.25) is 0 Å². The first kappa shape index (κ1) is 13.5. The molecule has 0 fully saturated rings. The van der Waals surface area contributed by atoms with Crippen LogP contribution in [-0.4, -0.2) is 9.78 Å². The summed E-state index contributed by atoms with van der Waals surface area (Å²) in [5.41, 5.74) is 2.13. The zero-order valence-corrected chi connectivity index (χ0v) is 12.2. The molecule has 0 bridgehead atoms. The average molecular weight is 318 g/mol. The highest BCUT2D eigenvalue weighted by Crippen LogP contribution is 2.12. The standard InChI is InChI=1S/C14H12BrN3O/c1-9-10(2)17-18(14(19)13(9)7-16)8-11-4-3-5-12(15)6-11/h3-6H,8H2,1-2H3. The summed E-state index contributed by atoms with van der Waals surface area (Å²) >= 11 is 3.39. The lowest BCUT2D eigenvalue weighted by molar-refractivity contribution is 0.622. The van der Waals surface area contributed by atoms with Gasteiger partial charge in [0, 0.05) is 4.47 Å². The maximum absolute atomic E-state index is 12.1. The smallest absolute Gasteiger partial charge is 0.266 e. The van der Waals surface area contributed by atoms with E-state index >= 15 is 0 Å². The first-order valence-electron chi connectivity index (χ1n) is 5.76. The van der Waals surface area contributed by atoms with Gasteiger partial charge in [0.2, 0.25) is 0 Å². The van der Waals surface area contributed by atoms with E-state index in [1.165, 1.54) is 4.68 Å². The summed E-state index contributed by atoms with van der Waals surface area (Å²) in [6.07, 6.45) is 0. The Morgan fingerprint density at radius 2 is 2.16 bits per heavy atom. The van der Waals surface area contributed by atoms with Crippen molar-refractivity contribution in [1.82, 2.24) is 9.78 Å². The van der Waals surface area contributed by atoms with Crippen LogP contribution in [-0.2, 0) is 6.54 Å². The van der Waals surface area contributed by atoms with Crippen LogP contribution in [0.4, 0.5) is 0 Å². The topological polar surface area (TPSA) is 58.7 Å². The molecule has 0 N–H and O–H groups in total. The second kappa shape index (κ2) is 5.37. The molecule has 4 nitrogen and oxygen atoms in total. The second-order valence-corrected chi connectivity index (χ2v) is 5.21. The fourth-order valence-electron chi connectivity index (χ4n) is 1.82. The van der Waals surface area contributed by atoms with Gasteiger partial charge in [-0.25, -0.2) is 4.68 Å². The fraction of sp³-hybridized carbons (Fsp3) is 0.214. The summed E-state index contributed by atoms with van der Waals surface area (Å²) in [7, 11) is 0. The van der Waals surface area contributed by atoms with Crippen molar-refractivity contribution in [2.45, 2.75) is 20.4 Å². The van der Waals surface area contributed by atoms with Crippen molar-refractivity contribution in [2.24, 2.45) is 0 Å². The van der Waals surface area contributed by atoms with Crippen LogP contribution < -0.4 is 5.56 Å². The molecule has 1 aromatic carbocycles. The Hall–Kier alpha value is -1.93. The molecule has 0 aliphatic carbocycles. The van der Waals surface area contributed by atoms with Crippen LogP contribution in [0, 0.1) is 25.2 Å². The molecule has 0 saturated heterocycles. The van der Waals surface area contributed by atoms with Crippen LogP contribution >= 0.6 is 15.9 Å². The third kappa shape index (κ3) is 2.74. The Balaban J connectivity index is 2.50. The molecule has 0 aliphatic heterocycles. The van der Waals surface area contributed by atoms with Gasteiger partial charge < -0.3 is 0 Å². The van der Waals surface area contributed by atoms with Crippen molar-refractivity contribution in [3.05, 3.63) is 61.5 Å². The van der Waals surface area contributed by atoms with Crippen molar-refractivity contribution in [3.8, 4) is 6.07 Å². The van der Waals surface area contributed by atoms with Crippen molar-refractivity contribution in [2.75, 3.05) is 0 Å². The second-order valence-electron chi connectivity index (χ2n) is 4.29. The molecule has 96 valence electrons. The van der Waals surface area contributed by atoms with E-state index in [-0.39, 0.29) is 11.1 Å². The molecular weight excluding hydrogens is 306 g/mol. The van der Waals surface area contributed by atoms with Gasteiger partial charge in [-0.2, -0.15) is 10.4 Å². The highest BCUT2D eigenvalue weighted by atomic mass is 79.9. The molecule has 1 aromatic heterocycles. The van der Waals surface area contributed by atoms with Gasteiger partial charge in [-0.15, -0.1) is 0 Å². The average Bonchev–Trinajstić information content (AvgIpc) is 2.37. The van der Waals surface area contributed by atoms with E-state index in [4.69, 9.17) is 5.26 Å². The summed E-state index contributed by atoms with van der Waals surface area (Å²) in [6, 6.07) is 9.62. The quantitative estimate of drug-likeness (QED) is 0.855. The van der Waals surface area contributed by atoms with Crippen LogP contribution in [0.15, 0.2) is 33.5 Å². The molecule has 2 rings (SSSR count). The Morgan fingerprint density at radius 1 is 1.42 bits per heavy atom. The van der Waals surface area contributed by atoms with Gasteiger partial charge in [0.15, 0.2) is 0 Å². The van der Waals surface area contributed by atoms with Crippen molar-refractivity contribution < 1.29 is 0 Å². The number of aryl methyl sites for hydroxylation is 1. The predicted octanol–water partition coefficient (Wildman–Crippen LogP) is 2.54. The Labute approximate surface area is 119 Å². The van der Waals surface area contributed by atoms with Gasteiger partial charge >= 0.3 is 0 Å². The first-order chi connectivity index (χ1) is 9.02. The van der Waals surface area contributed by atoms with Crippen LogP contribution in [0.3, 0.4) is 0 Å². The number of benzene rings is 1. The zero-order chi connectivity index (χ0) is 14.0. The summed E-state index contributed by atoms with van der Waals surface area (Å²) in [5.74, 6) is 0. The molecule has 0 amide bonds. The fourth-order valence-corrected chi connectivity index (χ4v) is 2.27. The molecule has 0 unspecified atom stereocenters. The highest BCUT2D eigenvalue weighted by molar-refractivity contribution is 9.10. The summed E-state index contributed by atoms with van der Waals surface area (Å²) in [5, 5.41) is 13.3. The van der Waals surface area contributed by atoms with Gasteiger partial charge in [0.05, 0.1) is 12.2 Å². The molecule has 0 radical (unpaired) electrons. The van der Waals surface area contributed by atoms with Crippen LogP contribution in [0.5, 0.6) is 0 Å². The van der Waals surface area contributed by atoms with Crippen LogP contribution in [0.25, 0.3) is 0 Å². The maximum atomic E-state index is 12.1. The van der Waals surface area contributed by atoms with Gasteiger partial charge in [0.25, 0.3) is 5.56 Å². The molecule has 0 spiro atoms. The van der Waals surface area contributed by atoms with E-state index < -0.39 is 0 Å². The molecule has 2 aromatic rings. The Morgan fingerprint density at radius 3 is 2.79 bits per heavy atom. The van der Waals surface area contributed by atoms with Crippen molar-refractivity contribution in [3.63, 3.8) is 0 Å². The maximum Gasteiger partial charge on any atom is 0.285 e. The molecule has 5 heteroatoms. The lowest BCUT2D eigenvalue weighted by Gasteiger charge is -2.09. The van der Waals surface area contributed by atoms with E-state index in [9.17, 15) is 4.79 Å². The lowest BCUT2D eigenvalue weighted by atomic mass is 10.1. The molecule has 19 heavy (non-hydrogen) atoms. The molecule has 0 aliphatic rings. The summed E-state index contributed by atoms with van der Waals surface area (Å²) < 4.78 is 2.28. The largest absolute Gasteiger partial charge is 0.285 e. The van der Waals surface area contributed by atoms with E-state index in [0.29, 0.717) is 17.8 Å². The number of nitriles is 1. The number of hydrogen-bond donors (Lipinski definition) is 0.